The van der Waals surface area contributed by atoms with Crippen LogP contribution in [0.5, 0.6) is 5.88 Å². The number of aryl methyl sites for hydroxylation is 1. The highest BCUT2D eigenvalue weighted by molar-refractivity contribution is 7.16. The Morgan fingerprint density at radius 1 is 1.33 bits per heavy atom. The van der Waals surface area contributed by atoms with Gasteiger partial charge in [0.1, 0.15) is 11.6 Å². The van der Waals surface area contributed by atoms with Crippen LogP contribution in [0.2, 0.25) is 0 Å². The minimum atomic E-state index is 0.542. The number of hydrogen-bond donors (Lipinski definition) is 2. The first-order chi connectivity index (χ1) is 13.3. The molecule has 3 rings (SSSR count). The maximum absolute atomic E-state index is 5.75. The summed E-state index contributed by atoms with van der Waals surface area (Å²) in [5.41, 5.74) is 3.76. The average molecular weight is 391 g/mol. The van der Waals surface area contributed by atoms with Gasteiger partial charge in [0, 0.05) is 30.6 Å². The molecule has 0 radical (unpaired) electrons. The van der Waals surface area contributed by atoms with Gasteiger partial charge in [0.2, 0.25) is 11.8 Å². The average Bonchev–Trinajstić information content (AvgIpc) is 3.17. The Kier molecular flexibility index (Phi) is 7.37. The number of hydrogen-bond acceptors (Lipinski definition) is 9. The van der Waals surface area contributed by atoms with Crippen molar-refractivity contribution in [2.24, 2.45) is 5.10 Å². The molecule has 1 saturated heterocycles. The molecule has 146 valence electrons. The highest BCUT2D eigenvalue weighted by Crippen LogP contribution is 2.22. The number of nitrogens with one attached hydrogen (secondary N) is 2. The lowest BCUT2D eigenvalue weighted by molar-refractivity contribution is 0.122. The summed E-state index contributed by atoms with van der Waals surface area (Å²) in [6.07, 6.45) is 2.72. The van der Waals surface area contributed by atoms with Crippen LogP contribution in [-0.4, -0.2) is 62.7 Å². The van der Waals surface area contributed by atoms with E-state index >= 15 is 0 Å². The van der Waals surface area contributed by atoms with Crippen molar-refractivity contribution in [2.45, 2.75) is 13.3 Å². The number of ether oxygens (including phenoxy) is 2. The Hall–Kier alpha value is -2.23. The van der Waals surface area contributed by atoms with Crippen molar-refractivity contribution in [3.63, 3.8) is 0 Å². The van der Waals surface area contributed by atoms with Crippen molar-refractivity contribution in [1.29, 1.82) is 0 Å². The molecular weight excluding hydrogens is 364 g/mol. The van der Waals surface area contributed by atoms with Gasteiger partial charge in [-0.05, 0) is 25.6 Å². The molecule has 2 aromatic rings. The van der Waals surface area contributed by atoms with E-state index in [-0.39, 0.29) is 0 Å². The van der Waals surface area contributed by atoms with Gasteiger partial charge in [0.15, 0.2) is 0 Å². The number of nitrogens with zero attached hydrogens (tertiary/aromatic N) is 4. The van der Waals surface area contributed by atoms with Crippen molar-refractivity contribution in [2.75, 3.05) is 56.8 Å². The molecule has 8 nitrogen and oxygen atoms in total. The van der Waals surface area contributed by atoms with Gasteiger partial charge < -0.3 is 19.7 Å². The molecule has 1 fully saturated rings. The monoisotopic (exact) mass is 390 g/mol. The molecule has 0 aliphatic carbocycles. The van der Waals surface area contributed by atoms with Crippen LogP contribution in [0, 0.1) is 0 Å². The van der Waals surface area contributed by atoms with E-state index in [9.17, 15) is 0 Å². The summed E-state index contributed by atoms with van der Waals surface area (Å²) in [6, 6.07) is 5.94. The molecule has 0 unspecified atom stereocenters. The smallest absolute Gasteiger partial charge is 0.229 e. The van der Waals surface area contributed by atoms with Gasteiger partial charge in [-0.15, -0.1) is 11.3 Å². The Morgan fingerprint density at radius 2 is 2.19 bits per heavy atom. The third-order valence-corrected chi connectivity index (χ3v) is 5.12. The molecule has 0 spiro atoms. The highest BCUT2D eigenvalue weighted by atomic mass is 32.1. The number of likely N-dealkylation sites (N-methyl/N-ethyl adjacent to an activating group) is 1. The number of aromatic nitrogens is 2. The zero-order chi connectivity index (χ0) is 18.9. The standard InChI is InChI=1S/C18H26N6O2S/c1-3-15-4-5-17(27-15)23-20-13-14-12-16(26-9-6-19-2)22-18(21-14)24-7-10-25-11-8-24/h4-5,12-13,19,23H,3,6-11H2,1-2H3. The maximum Gasteiger partial charge on any atom is 0.229 e. The van der Waals surface area contributed by atoms with E-state index in [1.165, 1.54) is 4.88 Å². The zero-order valence-electron chi connectivity index (χ0n) is 15.8. The number of morpholine rings is 1. The van der Waals surface area contributed by atoms with Crippen LogP contribution in [0.25, 0.3) is 0 Å². The van der Waals surface area contributed by atoms with Gasteiger partial charge in [0.05, 0.1) is 25.1 Å². The van der Waals surface area contributed by atoms with Gasteiger partial charge in [-0.3, -0.25) is 5.43 Å². The van der Waals surface area contributed by atoms with Crippen LogP contribution >= 0.6 is 11.3 Å². The lowest BCUT2D eigenvalue weighted by Crippen LogP contribution is -2.37. The molecule has 27 heavy (non-hydrogen) atoms. The minimum Gasteiger partial charge on any atom is -0.476 e. The summed E-state index contributed by atoms with van der Waals surface area (Å²) >= 11 is 1.70. The first-order valence-electron chi connectivity index (χ1n) is 9.15. The first-order valence-corrected chi connectivity index (χ1v) is 9.97. The quantitative estimate of drug-likeness (QED) is 0.385. The van der Waals surface area contributed by atoms with Gasteiger partial charge >= 0.3 is 0 Å². The van der Waals surface area contributed by atoms with Crippen LogP contribution in [0.3, 0.4) is 0 Å². The van der Waals surface area contributed by atoms with E-state index in [2.05, 4.69) is 43.7 Å². The number of hydrazone groups is 1. The van der Waals surface area contributed by atoms with Crippen molar-refractivity contribution in [3.05, 3.63) is 28.8 Å². The van der Waals surface area contributed by atoms with Crippen LogP contribution in [-0.2, 0) is 11.2 Å². The number of rotatable bonds is 9. The topological polar surface area (TPSA) is 83.9 Å². The predicted octanol–water partition coefficient (Wildman–Crippen LogP) is 1.98. The number of anilines is 2. The van der Waals surface area contributed by atoms with Crippen molar-refractivity contribution in [1.82, 2.24) is 15.3 Å². The molecule has 2 aromatic heterocycles. The van der Waals surface area contributed by atoms with Crippen molar-refractivity contribution in [3.8, 4) is 5.88 Å². The van der Waals surface area contributed by atoms with E-state index < -0.39 is 0 Å². The summed E-state index contributed by atoms with van der Waals surface area (Å²) in [4.78, 5) is 12.6. The molecule has 9 heteroatoms. The fourth-order valence-corrected chi connectivity index (χ4v) is 3.32. The Labute approximate surface area is 163 Å². The van der Waals surface area contributed by atoms with E-state index in [1.54, 1.807) is 23.6 Å². The van der Waals surface area contributed by atoms with E-state index in [4.69, 9.17) is 9.47 Å². The summed E-state index contributed by atoms with van der Waals surface area (Å²) in [7, 11) is 1.89. The van der Waals surface area contributed by atoms with E-state index in [1.807, 2.05) is 13.1 Å². The fourth-order valence-electron chi connectivity index (χ4n) is 2.52. The third-order valence-electron chi connectivity index (χ3n) is 3.99. The lowest BCUT2D eigenvalue weighted by atomic mass is 10.4. The molecule has 0 bridgehead atoms. The van der Waals surface area contributed by atoms with E-state index in [0.717, 1.165) is 31.1 Å². The molecule has 1 aliphatic rings. The Balaban J connectivity index is 1.72. The summed E-state index contributed by atoms with van der Waals surface area (Å²) in [5.74, 6) is 1.19. The molecule has 0 saturated carbocycles. The van der Waals surface area contributed by atoms with Gasteiger partial charge in [0.25, 0.3) is 0 Å². The summed E-state index contributed by atoms with van der Waals surface area (Å²) < 4.78 is 11.2. The first kappa shape index (κ1) is 19.5. The largest absolute Gasteiger partial charge is 0.476 e. The van der Waals surface area contributed by atoms with Gasteiger partial charge in [-0.1, -0.05) is 6.92 Å². The van der Waals surface area contributed by atoms with Gasteiger partial charge in [-0.25, -0.2) is 4.98 Å². The molecule has 2 N–H and O–H groups in total. The van der Waals surface area contributed by atoms with Crippen LogP contribution in [0.15, 0.2) is 23.3 Å². The van der Waals surface area contributed by atoms with Crippen LogP contribution in [0.1, 0.15) is 17.5 Å². The summed E-state index contributed by atoms with van der Waals surface area (Å²) in [6.45, 7) is 6.32. The lowest BCUT2D eigenvalue weighted by Gasteiger charge is -2.27. The van der Waals surface area contributed by atoms with E-state index in [0.29, 0.717) is 37.3 Å². The second kappa shape index (κ2) is 10.2. The summed E-state index contributed by atoms with van der Waals surface area (Å²) in [5, 5.41) is 8.39. The van der Waals surface area contributed by atoms with Crippen molar-refractivity contribution < 1.29 is 9.47 Å². The Bertz CT molecular complexity index is 745. The molecule has 1 aliphatic heterocycles. The molecule has 0 atom stereocenters. The fraction of sp³-hybridized carbons (Fsp3) is 0.500. The van der Waals surface area contributed by atoms with Gasteiger partial charge in [-0.2, -0.15) is 10.1 Å². The molecule has 3 heterocycles. The normalized spacial score (nSPS) is 14.7. The van der Waals surface area contributed by atoms with Crippen molar-refractivity contribution >= 4 is 28.5 Å². The van der Waals surface area contributed by atoms with Crippen LogP contribution in [0.4, 0.5) is 10.9 Å². The maximum atomic E-state index is 5.75. The zero-order valence-corrected chi connectivity index (χ0v) is 16.6. The second-order valence-electron chi connectivity index (χ2n) is 5.97. The predicted molar refractivity (Wildman–Crippen MR) is 109 cm³/mol. The molecule has 0 amide bonds. The van der Waals surface area contributed by atoms with Crippen LogP contribution < -0.4 is 20.4 Å². The number of thiophene rings is 1. The molecule has 0 aromatic carbocycles. The molecular formula is C18H26N6O2S. The second-order valence-corrected chi connectivity index (χ2v) is 7.14. The SMILES string of the molecule is CCc1ccc(NN=Cc2cc(OCCNC)nc(N3CCOCC3)n2)s1. The Morgan fingerprint density at radius 3 is 2.93 bits per heavy atom. The minimum absolute atomic E-state index is 0.542. The third kappa shape index (κ3) is 5.88. The highest BCUT2D eigenvalue weighted by Gasteiger charge is 2.16.